The van der Waals surface area contributed by atoms with Crippen molar-refractivity contribution in [3.8, 4) is 0 Å². The fourth-order valence-electron chi connectivity index (χ4n) is 2.44. The van der Waals surface area contributed by atoms with Crippen molar-refractivity contribution in [2.75, 3.05) is 5.32 Å². The molecule has 0 aliphatic carbocycles. The molecule has 3 aromatic carbocycles. The highest BCUT2D eigenvalue weighted by Gasteiger charge is 2.15. The summed E-state index contributed by atoms with van der Waals surface area (Å²) in [5.41, 5.74) is 0.576. The Morgan fingerprint density at radius 2 is 1.39 bits per heavy atom. The molecule has 3 aromatic rings. The topological polar surface area (TPSA) is 110 Å². The highest BCUT2D eigenvalue weighted by atomic mass is 32.2. The van der Waals surface area contributed by atoms with Gasteiger partial charge in [-0.15, -0.1) is 0 Å². The lowest BCUT2D eigenvalue weighted by atomic mass is 10.1. The largest absolute Gasteiger partial charge is 0.478 e. The van der Waals surface area contributed by atoms with E-state index in [2.05, 4.69) is 5.32 Å². The number of non-ortho nitro benzene ring substituents is 1. The number of nitrogens with zero attached hydrogens (tertiary/aromatic N) is 1. The van der Waals surface area contributed by atoms with Crippen LogP contribution in [0.5, 0.6) is 0 Å². The van der Waals surface area contributed by atoms with Crippen molar-refractivity contribution in [3.05, 3.63) is 94.0 Å². The summed E-state index contributed by atoms with van der Waals surface area (Å²) in [7, 11) is 0. The molecular weight excluding hydrogens is 380 g/mol. The lowest BCUT2D eigenvalue weighted by Gasteiger charge is -2.08. The minimum Gasteiger partial charge on any atom is -0.478 e. The van der Waals surface area contributed by atoms with Gasteiger partial charge in [-0.3, -0.25) is 14.9 Å². The third-order valence-corrected chi connectivity index (χ3v) is 4.81. The fraction of sp³-hybridized carbons (Fsp3) is 0. The van der Waals surface area contributed by atoms with E-state index in [1.807, 2.05) is 0 Å². The lowest BCUT2D eigenvalue weighted by Crippen LogP contribution is -2.16. The Morgan fingerprint density at radius 3 is 1.93 bits per heavy atom. The Kier molecular flexibility index (Phi) is 5.71. The summed E-state index contributed by atoms with van der Waals surface area (Å²) in [6, 6.07) is 19.2. The SMILES string of the molecule is O=C(O)c1ccccc1C(=O)Nc1ccc(Sc2ccc([N+](=O)[O-])cc2)cc1. The van der Waals surface area contributed by atoms with Gasteiger partial charge < -0.3 is 10.4 Å². The first kappa shape index (κ1) is 19.1. The summed E-state index contributed by atoms with van der Waals surface area (Å²) in [5.74, 6) is -1.67. The van der Waals surface area contributed by atoms with Crippen LogP contribution in [-0.4, -0.2) is 21.9 Å². The van der Waals surface area contributed by atoms with E-state index in [0.29, 0.717) is 5.69 Å². The molecule has 0 bridgehead atoms. The molecule has 28 heavy (non-hydrogen) atoms. The summed E-state index contributed by atoms with van der Waals surface area (Å²) in [4.78, 5) is 35.6. The van der Waals surface area contributed by atoms with Gasteiger partial charge in [0.25, 0.3) is 11.6 Å². The van der Waals surface area contributed by atoms with E-state index in [1.54, 1.807) is 48.5 Å². The molecule has 7 nitrogen and oxygen atoms in total. The van der Waals surface area contributed by atoms with E-state index in [4.69, 9.17) is 0 Å². The van der Waals surface area contributed by atoms with Crippen LogP contribution >= 0.6 is 11.8 Å². The molecule has 0 radical (unpaired) electrons. The van der Waals surface area contributed by atoms with E-state index in [1.165, 1.54) is 36.0 Å². The van der Waals surface area contributed by atoms with Gasteiger partial charge >= 0.3 is 5.97 Å². The number of carbonyl (C=O) groups is 2. The van der Waals surface area contributed by atoms with Crippen molar-refractivity contribution in [3.63, 3.8) is 0 Å². The molecule has 0 atom stereocenters. The Balaban J connectivity index is 1.68. The molecule has 0 spiro atoms. The molecule has 0 aliphatic heterocycles. The van der Waals surface area contributed by atoms with Crippen LogP contribution in [0.15, 0.2) is 82.6 Å². The van der Waals surface area contributed by atoms with Crippen molar-refractivity contribution >= 4 is 35.0 Å². The maximum atomic E-state index is 12.4. The van der Waals surface area contributed by atoms with E-state index >= 15 is 0 Å². The number of benzene rings is 3. The first-order valence-electron chi connectivity index (χ1n) is 8.10. The number of aromatic carboxylic acids is 1. The standard InChI is InChI=1S/C20H14N2O5S/c23-19(17-3-1-2-4-18(17)20(24)25)21-13-5-9-15(10-6-13)28-16-11-7-14(8-12-16)22(26)27/h1-12H,(H,21,23)(H,24,25). The summed E-state index contributed by atoms with van der Waals surface area (Å²) < 4.78 is 0. The maximum Gasteiger partial charge on any atom is 0.336 e. The van der Waals surface area contributed by atoms with E-state index in [-0.39, 0.29) is 16.8 Å². The molecular formula is C20H14N2O5S. The Morgan fingerprint density at radius 1 is 0.857 bits per heavy atom. The zero-order chi connectivity index (χ0) is 20.1. The number of nitrogens with one attached hydrogen (secondary N) is 1. The smallest absolute Gasteiger partial charge is 0.336 e. The van der Waals surface area contributed by atoms with E-state index in [0.717, 1.165) is 9.79 Å². The Bertz CT molecular complexity index is 1030. The summed E-state index contributed by atoms with van der Waals surface area (Å²) >= 11 is 1.43. The number of hydrogen-bond acceptors (Lipinski definition) is 5. The number of nitro groups is 1. The van der Waals surface area contributed by atoms with Crippen LogP contribution in [-0.2, 0) is 0 Å². The predicted molar refractivity (Wildman–Crippen MR) is 105 cm³/mol. The molecule has 0 aliphatic rings. The molecule has 3 rings (SSSR count). The van der Waals surface area contributed by atoms with Gasteiger partial charge in [0.1, 0.15) is 0 Å². The second-order valence-electron chi connectivity index (χ2n) is 5.68. The third kappa shape index (κ3) is 4.54. The average molecular weight is 394 g/mol. The molecule has 1 amide bonds. The maximum absolute atomic E-state index is 12.4. The fourth-order valence-corrected chi connectivity index (χ4v) is 3.26. The number of nitro benzene ring substituents is 1. The Labute approximate surface area is 164 Å². The molecule has 0 fully saturated rings. The van der Waals surface area contributed by atoms with Crippen molar-refractivity contribution in [2.45, 2.75) is 9.79 Å². The highest BCUT2D eigenvalue weighted by Crippen LogP contribution is 2.29. The van der Waals surface area contributed by atoms with Gasteiger partial charge in [-0.05, 0) is 48.5 Å². The van der Waals surface area contributed by atoms with Crippen molar-refractivity contribution in [2.24, 2.45) is 0 Å². The van der Waals surface area contributed by atoms with Crippen LogP contribution in [0.25, 0.3) is 0 Å². The number of carboxylic acid groups (broad SMARTS) is 1. The third-order valence-electron chi connectivity index (χ3n) is 3.80. The van der Waals surface area contributed by atoms with E-state index in [9.17, 15) is 24.8 Å². The first-order chi connectivity index (χ1) is 13.4. The van der Waals surface area contributed by atoms with Gasteiger partial charge in [0.2, 0.25) is 0 Å². The minimum absolute atomic E-state index is 0.0315. The van der Waals surface area contributed by atoms with Gasteiger partial charge in [0, 0.05) is 27.6 Å². The van der Waals surface area contributed by atoms with Crippen molar-refractivity contribution in [1.29, 1.82) is 0 Å². The van der Waals surface area contributed by atoms with Crippen LogP contribution in [0, 0.1) is 10.1 Å². The van der Waals surface area contributed by atoms with Gasteiger partial charge in [-0.2, -0.15) is 0 Å². The molecule has 0 unspecified atom stereocenters. The van der Waals surface area contributed by atoms with Crippen LogP contribution < -0.4 is 5.32 Å². The number of carbonyl (C=O) groups excluding carboxylic acids is 1. The first-order valence-corrected chi connectivity index (χ1v) is 8.92. The molecule has 0 aromatic heterocycles. The van der Waals surface area contributed by atoms with Crippen molar-refractivity contribution in [1.82, 2.24) is 0 Å². The number of amides is 1. The van der Waals surface area contributed by atoms with Gasteiger partial charge in [0.15, 0.2) is 0 Å². The molecule has 0 saturated carbocycles. The number of hydrogen-bond donors (Lipinski definition) is 2. The second kappa shape index (κ2) is 8.36. The number of rotatable bonds is 6. The normalized spacial score (nSPS) is 10.3. The monoisotopic (exact) mass is 394 g/mol. The van der Waals surface area contributed by atoms with Crippen LogP contribution in [0.4, 0.5) is 11.4 Å². The zero-order valence-electron chi connectivity index (χ0n) is 14.4. The lowest BCUT2D eigenvalue weighted by molar-refractivity contribution is -0.384. The van der Waals surface area contributed by atoms with Crippen molar-refractivity contribution < 1.29 is 19.6 Å². The zero-order valence-corrected chi connectivity index (χ0v) is 15.2. The molecule has 0 heterocycles. The molecule has 140 valence electrons. The minimum atomic E-state index is -1.17. The highest BCUT2D eigenvalue weighted by molar-refractivity contribution is 7.99. The summed E-state index contributed by atoms with van der Waals surface area (Å²) in [6.07, 6.45) is 0. The van der Waals surface area contributed by atoms with Crippen LogP contribution in [0.3, 0.4) is 0 Å². The van der Waals surface area contributed by atoms with Gasteiger partial charge in [-0.25, -0.2) is 4.79 Å². The average Bonchev–Trinajstić information content (AvgIpc) is 2.70. The van der Waals surface area contributed by atoms with Crippen LogP contribution in [0.2, 0.25) is 0 Å². The summed E-state index contributed by atoms with van der Waals surface area (Å²) in [6.45, 7) is 0. The predicted octanol–water partition coefficient (Wildman–Crippen LogP) is 4.70. The summed E-state index contributed by atoms with van der Waals surface area (Å²) in [5, 5.41) is 22.6. The van der Waals surface area contributed by atoms with Gasteiger partial charge in [0.05, 0.1) is 16.1 Å². The molecule has 0 saturated heterocycles. The second-order valence-corrected chi connectivity index (χ2v) is 6.83. The number of anilines is 1. The van der Waals surface area contributed by atoms with Gasteiger partial charge in [-0.1, -0.05) is 23.9 Å². The van der Waals surface area contributed by atoms with Crippen LogP contribution in [0.1, 0.15) is 20.7 Å². The van der Waals surface area contributed by atoms with E-state index < -0.39 is 16.8 Å². The molecule has 2 N–H and O–H groups in total. The Hall–Kier alpha value is -3.65. The quantitative estimate of drug-likeness (QED) is 0.463. The molecule has 8 heteroatoms. The number of carboxylic acids is 1.